The highest BCUT2D eigenvalue weighted by molar-refractivity contribution is 7.88. The zero-order chi connectivity index (χ0) is 26.3. The highest BCUT2D eigenvalue weighted by Gasteiger charge is 2.41. The number of pyridine rings is 1. The Hall–Kier alpha value is -3.25. The number of rotatable bonds is 7. The fourth-order valence-electron chi connectivity index (χ4n) is 4.56. The van der Waals surface area contributed by atoms with Crippen molar-refractivity contribution in [3.63, 3.8) is 0 Å². The first-order chi connectivity index (χ1) is 16.9. The van der Waals surface area contributed by atoms with E-state index in [0.717, 1.165) is 23.6 Å². The van der Waals surface area contributed by atoms with Crippen LogP contribution < -0.4 is 10.1 Å². The molecule has 0 aliphatic heterocycles. The Balaban J connectivity index is 1.73. The molecule has 2 atom stereocenters. The molecule has 1 aliphatic rings. The highest BCUT2D eigenvalue weighted by atomic mass is 32.2. The summed E-state index contributed by atoms with van der Waals surface area (Å²) >= 11 is 0. The van der Waals surface area contributed by atoms with Gasteiger partial charge in [0.2, 0.25) is 21.9 Å². The van der Waals surface area contributed by atoms with Crippen LogP contribution in [0.4, 0.5) is 24.8 Å². The average Bonchev–Trinajstić information content (AvgIpc) is 3.16. The van der Waals surface area contributed by atoms with E-state index in [0.29, 0.717) is 17.8 Å². The van der Waals surface area contributed by atoms with Crippen molar-refractivity contribution in [2.45, 2.75) is 32.0 Å². The predicted molar refractivity (Wildman–Crippen MR) is 129 cm³/mol. The van der Waals surface area contributed by atoms with Gasteiger partial charge in [-0.05, 0) is 48.9 Å². The monoisotopic (exact) mass is 521 g/mol. The molecule has 1 aliphatic carbocycles. The number of sulfonamides is 1. The Morgan fingerprint density at radius 1 is 1.17 bits per heavy atom. The number of methoxy groups -OCH3 is 1. The normalized spacial score (nSPS) is 17.8. The van der Waals surface area contributed by atoms with E-state index in [1.54, 1.807) is 25.1 Å². The fourth-order valence-corrected chi connectivity index (χ4v) is 5.26. The van der Waals surface area contributed by atoms with Crippen LogP contribution >= 0.6 is 0 Å². The van der Waals surface area contributed by atoms with Crippen LogP contribution in [0.1, 0.15) is 34.1 Å². The first-order valence-electron chi connectivity index (χ1n) is 11.1. The summed E-state index contributed by atoms with van der Waals surface area (Å²) in [6.45, 7) is 1.78. The van der Waals surface area contributed by atoms with Crippen molar-refractivity contribution in [2.24, 2.45) is 5.92 Å². The molecule has 0 radical (unpaired) electrons. The third-order valence-corrected chi connectivity index (χ3v) is 7.56. The SMILES string of the molecule is COc1nc(C)ccc1Nc1ncc(C(F)(F)F)c(C[C@@H]2Cc3ccccc3[C@H]2N(C)S(C)(=O)=O)n1. The molecule has 0 fully saturated rings. The van der Waals surface area contributed by atoms with Gasteiger partial charge in [0.05, 0.1) is 30.7 Å². The maximum Gasteiger partial charge on any atom is 0.419 e. The summed E-state index contributed by atoms with van der Waals surface area (Å²) in [5.41, 5.74) is 1.61. The number of ether oxygens (including phenoxy) is 1. The van der Waals surface area contributed by atoms with Crippen molar-refractivity contribution in [1.29, 1.82) is 0 Å². The van der Waals surface area contributed by atoms with E-state index in [1.165, 1.54) is 18.5 Å². The molecule has 0 saturated heterocycles. The van der Waals surface area contributed by atoms with Crippen molar-refractivity contribution in [2.75, 3.05) is 25.7 Å². The third-order valence-electron chi connectivity index (χ3n) is 6.29. The van der Waals surface area contributed by atoms with Crippen molar-refractivity contribution in [3.05, 3.63) is 70.7 Å². The Labute approximate surface area is 207 Å². The molecule has 1 N–H and O–H groups in total. The second-order valence-corrected chi connectivity index (χ2v) is 10.8. The van der Waals surface area contributed by atoms with Gasteiger partial charge in [0, 0.05) is 18.9 Å². The lowest BCUT2D eigenvalue weighted by atomic mass is 9.93. The van der Waals surface area contributed by atoms with E-state index in [1.807, 2.05) is 18.2 Å². The number of halogens is 3. The zero-order valence-electron chi connectivity index (χ0n) is 20.2. The van der Waals surface area contributed by atoms with Crippen molar-refractivity contribution in [3.8, 4) is 5.88 Å². The number of benzene rings is 1. The van der Waals surface area contributed by atoms with E-state index in [9.17, 15) is 21.6 Å². The number of hydrogen-bond donors (Lipinski definition) is 1. The highest BCUT2D eigenvalue weighted by Crippen LogP contribution is 2.43. The van der Waals surface area contributed by atoms with Gasteiger partial charge < -0.3 is 10.1 Å². The first kappa shape index (κ1) is 25.8. The summed E-state index contributed by atoms with van der Waals surface area (Å²) in [5.74, 6) is -0.256. The molecule has 12 heteroatoms. The molecule has 36 heavy (non-hydrogen) atoms. The molecule has 0 amide bonds. The minimum absolute atomic E-state index is 0.0505. The van der Waals surface area contributed by atoms with Crippen LogP contribution in [0.5, 0.6) is 5.88 Å². The number of alkyl halides is 3. The van der Waals surface area contributed by atoms with Crippen molar-refractivity contribution in [1.82, 2.24) is 19.3 Å². The number of aryl methyl sites for hydroxylation is 1. The molecule has 4 rings (SSSR count). The van der Waals surface area contributed by atoms with Crippen molar-refractivity contribution < 1.29 is 26.3 Å². The second-order valence-electron chi connectivity index (χ2n) is 8.78. The summed E-state index contributed by atoms with van der Waals surface area (Å²) in [4.78, 5) is 12.3. The molecule has 0 spiro atoms. The second kappa shape index (κ2) is 9.66. The molecule has 0 saturated carbocycles. The lowest BCUT2D eigenvalue weighted by Crippen LogP contribution is -2.34. The molecule has 0 bridgehead atoms. The lowest BCUT2D eigenvalue weighted by molar-refractivity contribution is -0.138. The molecule has 0 unspecified atom stereocenters. The Kier molecular flexibility index (Phi) is 6.93. The Morgan fingerprint density at radius 2 is 1.89 bits per heavy atom. The molecule has 192 valence electrons. The fraction of sp³-hybridized carbons (Fsp3) is 0.375. The summed E-state index contributed by atoms with van der Waals surface area (Å²) in [7, 11) is -0.727. The molecule has 1 aromatic carbocycles. The van der Waals surface area contributed by atoms with Gasteiger partial charge in [-0.2, -0.15) is 17.5 Å². The topological polar surface area (TPSA) is 97.3 Å². The quantitative estimate of drug-likeness (QED) is 0.495. The van der Waals surface area contributed by atoms with Crippen LogP contribution in [0.25, 0.3) is 0 Å². The summed E-state index contributed by atoms with van der Waals surface area (Å²) < 4.78 is 73.0. The lowest BCUT2D eigenvalue weighted by Gasteiger charge is -2.29. The molecular formula is C24H26F3N5O3S. The first-order valence-corrected chi connectivity index (χ1v) is 13.0. The number of aromatic nitrogens is 3. The molecular weight excluding hydrogens is 495 g/mol. The van der Waals surface area contributed by atoms with Gasteiger partial charge in [-0.3, -0.25) is 0 Å². The van der Waals surface area contributed by atoms with Crippen LogP contribution in [-0.2, 0) is 29.0 Å². The predicted octanol–water partition coefficient (Wildman–Crippen LogP) is 4.30. The van der Waals surface area contributed by atoms with Gasteiger partial charge >= 0.3 is 6.18 Å². The van der Waals surface area contributed by atoms with Gasteiger partial charge in [-0.1, -0.05) is 24.3 Å². The van der Waals surface area contributed by atoms with E-state index in [-0.39, 0.29) is 23.9 Å². The smallest absolute Gasteiger partial charge is 0.419 e. The van der Waals surface area contributed by atoms with E-state index in [4.69, 9.17) is 4.74 Å². The van der Waals surface area contributed by atoms with Crippen LogP contribution in [0, 0.1) is 12.8 Å². The van der Waals surface area contributed by atoms with Crippen LogP contribution in [0.15, 0.2) is 42.6 Å². The van der Waals surface area contributed by atoms with Gasteiger partial charge in [0.1, 0.15) is 5.69 Å². The number of fused-ring (bicyclic) bond motifs is 1. The number of anilines is 2. The number of nitrogens with zero attached hydrogens (tertiary/aromatic N) is 4. The zero-order valence-corrected chi connectivity index (χ0v) is 21.0. The summed E-state index contributed by atoms with van der Waals surface area (Å²) in [6.07, 6.45) is -2.53. The average molecular weight is 522 g/mol. The summed E-state index contributed by atoms with van der Waals surface area (Å²) in [6, 6.07) is 10.1. The molecule has 3 aromatic rings. The minimum atomic E-state index is -4.68. The van der Waals surface area contributed by atoms with Crippen molar-refractivity contribution >= 4 is 21.7 Å². The largest absolute Gasteiger partial charge is 0.480 e. The van der Waals surface area contributed by atoms with Crippen LogP contribution in [0.2, 0.25) is 0 Å². The Bertz CT molecular complexity index is 1380. The van der Waals surface area contributed by atoms with E-state index in [2.05, 4.69) is 20.3 Å². The molecule has 2 aromatic heterocycles. The maximum atomic E-state index is 13.9. The Morgan fingerprint density at radius 3 is 2.56 bits per heavy atom. The minimum Gasteiger partial charge on any atom is -0.480 e. The standard InChI is InChI=1S/C24H26F3N5O3S/c1-14-9-10-19(22(29-14)35-3)30-23-28-13-18(24(25,26)27)20(31-23)12-16-11-15-7-5-6-8-17(15)21(16)32(2)36(4,33)34/h5-10,13,16,21H,11-12H2,1-4H3,(H,28,30,31)/t16-,21-/m0/s1. The van der Waals surface area contributed by atoms with E-state index < -0.39 is 33.7 Å². The molecule has 8 nitrogen and oxygen atoms in total. The van der Waals surface area contributed by atoms with Gasteiger partial charge in [-0.15, -0.1) is 0 Å². The number of hydrogen-bond acceptors (Lipinski definition) is 7. The molecule has 2 heterocycles. The van der Waals surface area contributed by atoms with Gasteiger partial charge in [-0.25, -0.2) is 23.4 Å². The van der Waals surface area contributed by atoms with Gasteiger partial charge in [0.15, 0.2) is 0 Å². The maximum absolute atomic E-state index is 13.9. The summed E-state index contributed by atoms with van der Waals surface area (Å²) in [5, 5.41) is 2.89. The van der Waals surface area contributed by atoms with Crippen LogP contribution in [0.3, 0.4) is 0 Å². The van der Waals surface area contributed by atoms with E-state index >= 15 is 0 Å². The van der Waals surface area contributed by atoms with Gasteiger partial charge in [0.25, 0.3) is 0 Å². The third kappa shape index (κ3) is 5.29. The van der Waals surface area contributed by atoms with Crippen LogP contribution in [-0.4, -0.2) is 48.1 Å². The number of nitrogens with one attached hydrogen (secondary N) is 1.